The van der Waals surface area contributed by atoms with Crippen molar-refractivity contribution in [2.45, 2.75) is 96.8 Å². The first kappa shape index (κ1) is 27.1. The number of ether oxygens (including phenoxy) is 1. The largest absolute Gasteiger partial charge is 0.490 e. The Hall–Kier alpha value is -1.97. The van der Waals surface area contributed by atoms with Gasteiger partial charge in [-0.15, -0.1) is 0 Å². The number of amides is 1. The molecule has 1 aromatic rings. The third-order valence-electron chi connectivity index (χ3n) is 5.53. The highest BCUT2D eigenvalue weighted by atomic mass is 16.5. The van der Waals surface area contributed by atoms with Crippen molar-refractivity contribution in [3.05, 3.63) is 36.9 Å². The Morgan fingerprint density at radius 1 is 0.839 bits per heavy atom. The highest BCUT2D eigenvalue weighted by Crippen LogP contribution is 2.15. The first-order valence-electron chi connectivity index (χ1n) is 12.6. The molecule has 0 fully saturated rings. The minimum Gasteiger partial charge on any atom is -0.490 e. The summed E-state index contributed by atoms with van der Waals surface area (Å²) < 4.78 is 5.45. The topological polar surface area (TPSA) is 50.4 Å². The maximum absolute atomic E-state index is 11.9. The van der Waals surface area contributed by atoms with E-state index in [1.807, 2.05) is 24.3 Å². The lowest BCUT2D eigenvalue weighted by molar-refractivity contribution is -0.119. The highest BCUT2D eigenvalue weighted by molar-refractivity contribution is 5.80. The van der Waals surface area contributed by atoms with E-state index in [-0.39, 0.29) is 5.91 Å². The van der Waals surface area contributed by atoms with E-state index in [4.69, 9.17) is 4.74 Å². The Kier molecular flexibility index (Phi) is 17.4. The van der Waals surface area contributed by atoms with Crippen LogP contribution in [0.2, 0.25) is 0 Å². The van der Waals surface area contributed by atoms with E-state index in [2.05, 4.69) is 24.1 Å². The molecule has 0 radical (unpaired) electrons. The van der Waals surface area contributed by atoms with Crippen molar-refractivity contribution in [3.63, 3.8) is 0 Å². The van der Waals surface area contributed by atoms with Gasteiger partial charge in [0, 0.05) is 12.2 Å². The summed E-state index contributed by atoms with van der Waals surface area (Å²) in [6.07, 6.45) is 20.6. The fraction of sp³-hybridized carbons (Fsp3) is 0.667. The van der Waals surface area contributed by atoms with E-state index in [1.165, 1.54) is 83.5 Å². The molecular formula is C27H46N2O2. The number of hydrogen-bond donors (Lipinski definition) is 2. The van der Waals surface area contributed by atoms with Gasteiger partial charge in [-0.2, -0.15) is 0 Å². The number of anilines is 1. The third kappa shape index (κ3) is 16.4. The third-order valence-corrected chi connectivity index (χ3v) is 5.53. The Bertz CT molecular complexity index is 557. The van der Waals surface area contributed by atoms with Crippen LogP contribution >= 0.6 is 0 Å². The van der Waals surface area contributed by atoms with Crippen molar-refractivity contribution in [2.75, 3.05) is 25.0 Å². The first-order valence-corrected chi connectivity index (χ1v) is 12.6. The molecule has 0 aromatic heterocycles. The monoisotopic (exact) mass is 430 g/mol. The molecule has 176 valence electrons. The van der Waals surface area contributed by atoms with E-state index in [0.29, 0.717) is 13.2 Å². The number of carbonyl (C=O) groups is 1. The molecule has 0 bridgehead atoms. The van der Waals surface area contributed by atoms with Gasteiger partial charge in [0.1, 0.15) is 12.4 Å². The van der Waals surface area contributed by atoms with Crippen molar-refractivity contribution in [1.82, 2.24) is 5.32 Å². The van der Waals surface area contributed by atoms with Crippen LogP contribution in [0.5, 0.6) is 5.75 Å². The van der Waals surface area contributed by atoms with Crippen LogP contribution in [0.15, 0.2) is 36.9 Å². The summed E-state index contributed by atoms with van der Waals surface area (Å²) in [6, 6.07) is 7.61. The van der Waals surface area contributed by atoms with Crippen LogP contribution in [-0.2, 0) is 4.79 Å². The van der Waals surface area contributed by atoms with Gasteiger partial charge in [-0.1, -0.05) is 103 Å². The number of benzene rings is 1. The first-order chi connectivity index (χ1) is 15.3. The van der Waals surface area contributed by atoms with Gasteiger partial charge in [0.25, 0.3) is 0 Å². The van der Waals surface area contributed by atoms with E-state index in [1.54, 1.807) is 6.08 Å². The van der Waals surface area contributed by atoms with Crippen molar-refractivity contribution in [2.24, 2.45) is 0 Å². The van der Waals surface area contributed by atoms with Crippen LogP contribution in [0.25, 0.3) is 0 Å². The summed E-state index contributed by atoms with van der Waals surface area (Å²) in [5, 5.41) is 6.14. The lowest BCUT2D eigenvalue weighted by atomic mass is 10.0. The van der Waals surface area contributed by atoms with Gasteiger partial charge in [0.05, 0.1) is 6.54 Å². The van der Waals surface area contributed by atoms with Gasteiger partial charge in [0.2, 0.25) is 5.91 Å². The molecule has 4 nitrogen and oxygen atoms in total. The Morgan fingerprint density at radius 3 is 1.87 bits per heavy atom. The standard InChI is InChI=1S/C27H46N2O2/c1-3-5-6-7-8-9-10-11-12-13-14-15-16-17-22-28-27(30)24-29-25-18-20-26(21-19-25)31-23-4-2/h4,18-21,29H,2-3,5-17,22-24H2,1H3,(H,28,30). The summed E-state index contributed by atoms with van der Waals surface area (Å²) in [7, 11) is 0. The van der Waals surface area contributed by atoms with Gasteiger partial charge in [-0.25, -0.2) is 0 Å². The zero-order valence-electron chi connectivity index (χ0n) is 19.9. The molecule has 4 heteroatoms. The number of nitrogens with one attached hydrogen (secondary N) is 2. The van der Waals surface area contributed by atoms with Crippen LogP contribution in [0.3, 0.4) is 0 Å². The van der Waals surface area contributed by atoms with Gasteiger partial charge in [-0.3, -0.25) is 4.79 Å². The fourth-order valence-electron chi connectivity index (χ4n) is 3.62. The summed E-state index contributed by atoms with van der Waals surface area (Å²) >= 11 is 0. The number of rotatable bonds is 21. The van der Waals surface area contributed by atoms with Crippen LogP contribution in [0, 0.1) is 0 Å². The Balaban J connectivity index is 1.86. The molecule has 0 aliphatic heterocycles. The fourth-order valence-corrected chi connectivity index (χ4v) is 3.62. The highest BCUT2D eigenvalue weighted by Gasteiger charge is 2.01. The molecule has 1 rings (SSSR count). The summed E-state index contributed by atoms with van der Waals surface area (Å²) in [5.74, 6) is 0.842. The molecule has 0 spiro atoms. The van der Waals surface area contributed by atoms with E-state index < -0.39 is 0 Å². The molecular weight excluding hydrogens is 384 g/mol. The Morgan fingerprint density at radius 2 is 1.35 bits per heavy atom. The minimum absolute atomic E-state index is 0.0432. The van der Waals surface area contributed by atoms with Crippen LogP contribution < -0.4 is 15.4 Å². The lowest BCUT2D eigenvalue weighted by Crippen LogP contribution is -2.30. The van der Waals surface area contributed by atoms with Crippen molar-refractivity contribution < 1.29 is 9.53 Å². The number of unbranched alkanes of at least 4 members (excludes halogenated alkanes) is 13. The molecule has 0 saturated heterocycles. The molecule has 0 aliphatic rings. The molecule has 0 aliphatic carbocycles. The normalized spacial score (nSPS) is 10.6. The Labute approximate surface area is 191 Å². The average Bonchev–Trinajstić information content (AvgIpc) is 2.79. The van der Waals surface area contributed by atoms with E-state index in [9.17, 15) is 4.79 Å². The molecule has 1 aromatic carbocycles. The second-order valence-electron chi connectivity index (χ2n) is 8.42. The molecule has 0 heterocycles. The van der Waals surface area contributed by atoms with E-state index in [0.717, 1.165) is 24.4 Å². The zero-order valence-corrected chi connectivity index (χ0v) is 19.9. The van der Waals surface area contributed by atoms with Crippen molar-refractivity contribution in [3.8, 4) is 5.75 Å². The SMILES string of the molecule is C=CCOc1ccc(NCC(=O)NCCCCCCCCCCCCCCCC)cc1. The molecule has 31 heavy (non-hydrogen) atoms. The van der Waals surface area contributed by atoms with E-state index >= 15 is 0 Å². The zero-order chi connectivity index (χ0) is 22.4. The summed E-state index contributed by atoms with van der Waals surface area (Å²) in [6.45, 7) is 7.47. The maximum atomic E-state index is 11.9. The summed E-state index contributed by atoms with van der Waals surface area (Å²) in [4.78, 5) is 11.9. The number of carbonyl (C=O) groups excluding carboxylic acids is 1. The molecule has 0 saturated carbocycles. The van der Waals surface area contributed by atoms with Crippen LogP contribution in [0.1, 0.15) is 96.8 Å². The van der Waals surface area contributed by atoms with Crippen molar-refractivity contribution in [1.29, 1.82) is 0 Å². The van der Waals surface area contributed by atoms with Crippen molar-refractivity contribution >= 4 is 11.6 Å². The van der Waals surface area contributed by atoms with Gasteiger partial charge >= 0.3 is 0 Å². The quantitative estimate of drug-likeness (QED) is 0.159. The molecule has 0 atom stereocenters. The summed E-state index contributed by atoms with van der Waals surface area (Å²) in [5.41, 5.74) is 0.914. The number of hydrogen-bond acceptors (Lipinski definition) is 3. The average molecular weight is 431 g/mol. The van der Waals surface area contributed by atoms with Gasteiger partial charge < -0.3 is 15.4 Å². The predicted molar refractivity (Wildman–Crippen MR) is 134 cm³/mol. The molecule has 1 amide bonds. The molecule has 0 unspecified atom stereocenters. The second kappa shape index (κ2) is 20.0. The molecule has 2 N–H and O–H groups in total. The smallest absolute Gasteiger partial charge is 0.239 e. The minimum atomic E-state index is 0.0432. The lowest BCUT2D eigenvalue weighted by Gasteiger charge is -2.09. The van der Waals surface area contributed by atoms with Gasteiger partial charge in [-0.05, 0) is 30.7 Å². The maximum Gasteiger partial charge on any atom is 0.239 e. The predicted octanol–water partition coefficient (Wildman–Crippen LogP) is 7.26. The van der Waals surface area contributed by atoms with Crippen LogP contribution in [-0.4, -0.2) is 25.6 Å². The van der Waals surface area contributed by atoms with Gasteiger partial charge in [0.15, 0.2) is 0 Å². The van der Waals surface area contributed by atoms with Crippen LogP contribution in [0.4, 0.5) is 5.69 Å². The second-order valence-corrected chi connectivity index (χ2v) is 8.42.